The van der Waals surface area contributed by atoms with E-state index < -0.39 is 31.2 Å². The third-order valence-corrected chi connectivity index (χ3v) is 3.00. The maximum Gasteiger partial charge on any atom is 0.432 e. The van der Waals surface area contributed by atoms with Crippen molar-refractivity contribution in [2.75, 3.05) is 0 Å². The monoisotopic (exact) mass is 258 g/mol. The first-order chi connectivity index (χ1) is 5.41. The van der Waals surface area contributed by atoms with Gasteiger partial charge in [-0.1, -0.05) is 7.26 Å². The molecule has 13 heteroatoms. The van der Waals surface area contributed by atoms with Crippen molar-refractivity contribution in [1.29, 1.82) is 0 Å². The lowest BCUT2D eigenvalue weighted by molar-refractivity contribution is 0.293. The Morgan fingerprint density at radius 1 is 0.846 bits per heavy atom. The molecule has 1 fully saturated rings. The van der Waals surface area contributed by atoms with E-state index in [9.17, 15) is 16.8 Å². The van der Waals surface area contributed by atoms with Crippen LogP contribution in [0.1, 0.15) is 0 Å². The highest BCUT2D eigenvalue weighted by molar-refractivity contribution is 8.08. The molecule has 1 heterocycles. The van der Waals surface area contributed by atoms with Gasteiger partial charge < -0.3 is 0 Å². The predicted molar refractivity (Wildman–Crippen MR) is 34.2 cm³/mol. The molecular formula is H2O10S3. The molecule has 2 N–H and O–H groups in total. The van der Waals surface area contributed by atoms with Gasteiger partial charge in [-0.15, -0.1) is 0 Å². The lowest BCUT2D eigenvalue weighted by Gasteiger charge is -2.09. The molecule has 0 aromatic rings. The van der Waals surface area contributed by atoms with Crippen LogP contribution in [0.5, 0.6) is 0 Å². The highest BCUT2D eigenvalue weighted by Gasteiger charge is 2.42. The molecule has 0 unspecified atom stereocenters. The summed E-state index contributed by atoms with van der Waals surface area (Å²) < 4.78 is 76.8. The lowest BCUT2D eigenvalue weighted by Crippen LogP contribution is -2.30. The zero-order chi connectivity index (χ0) is 10.9. The molecule has 0 saturated carbocycles. The Bertz CT molecular complexity index is 398. The van der Waals surface area contributed by atoms with E-state index in [4.69, 9.17) is 17.5 Å². The lowest BCUT2D eigenvalue weighted by atomic mass is 15.7. The maximum atomic E-state index is 9.68. The van der Waals surface area contributed by atoms with E-state index in [-0.39, 0.29) is 0 Å². The Morgan fingerprint density at radius 2 is 1.00 bits per heavy atom. The van der Waals surface area contributed by atoms with Crippen molar-refractivity contribution in [3.05, 3.63) is 0 Å². The van der Waals surface area contributed by atoms with E-state index in [1.807, 2.05) is 0 Å². The molecule has 0 amide bonds. The summed E-state index contributed by atoms with van der Waals surface area (Å²) >= 11 is 0. The Balaban J connectivity index is 0.000000252. The van der Waals surface area contributed by atoms with Crippen molar-refractivity contribution >= 4 is 31.2 Å². The summed E-state index contributed by atoms with van der Waals surface area (Å²) in [6.45, 7) is 0. The third kappa shape index (κ3) is 8.03. The number of hydrogen-bond acceptors (Lipinski definition) is 8. The molecule has 1 aliphatic rings. The van der Waals surface area contributed by atoms with Crippen molar-refractivity contribution in [3.63, 3.8) is 0 Å². The smallest absolute Gasteiger partial charge is 0.264 e. The zero-order valence-corrected chi connectivity index (χ0v) is 7.83. The van der Waals surface area contributed by atoms with Crippen LogP contribution in [-0.2, 0) is 38.5 Å². The van der Waals surface area contributed by atoms with Gasteiger partial charge in [-0.2, -0.15) is 25.3 Å². The van der Waals surface area contributed by atoms with E-state index in [1.54, 1.807) is 0 Å². The number of rotatable bonds is 0. The second kappa shape index (κ2) is 3.45. The van der Waals surface area contributed by atoms with Gasteiger partial charge in [0, 0.05) is 0 Å². The third-order valence-electron chi connectivity index (χ3n) is 0.333. The standard InChI is InChI=1S/O6S2.H2O4S/c1-7(2)5-8(3,4)6-7;1-5(2,3)4/h;(H2,1,2,3,4). The molecule has 0 bridgehead atoms. The van der Waals surface area contributed by atoms with Crippen LogP contribution in [-0.4, -0.2) is 34.4 Å². The van der Waals surface area contributed by atoms with Crippen molar-refractivity contribution in [1.82, 2.24) is 0 Å². The molecule has 1 rings (SSSR count). The van der Waals surface area contributed by atoms with Crippen molar-refractivity contribution in [2.24, 2.45) is 0 Å². The van der Waals surface area contributed by atoms with E-state index in [0.29, 0.717) is 0 Å². The average molecular weight is 258 g/mol. The van der Waals surface area contributed by atoms with Crippen LogP contribution in [0.15, 0.2) is 0 Å². The molecule has 0 aromatic heterocycles. The van der Waals surface area contributed by atoms with E-state index in [0.717, 1.165) is 0 Å². The topological polar surface area (TPSA) is 161 Å². The normalized spacial score (nSPS) is 23.5. The quantitative estimate of drug-likeness (QED) is 0.459. The molecule has 0 atom stereocenters. The predicted octanol–water partition coefficient (Wildman–Crippen LogP) is -2.13. The highest BCUT2D eigenvalue weighted by Crippen LogP contribution is 2.18. The van der Waals surface area contributed by atoms with Crippen molar-refractivity contribution < 1.29 is 41.6 Å². The maximum absolute atomic E-state index is 9.68. The molecule has 0 aromatic carbocycles. The summed E-state index contributed by atoms with van der Waals surface area (Å²) in [7, 11) is -13.0. The van der Waals surface area contributed by atoms with Gasteiger partial charge in [0.15, 0.2) is 0 Å². The second-order valence-electron chi connectivity index (χ2n) is 1.40. The summed E-state index contributed by atoms with van der Waals surface area (Å²) in [6.07, 6.45) is 0. The zero-order valence-electron chi connectivity index (χ0n) is 5.39. The molecular weight excluding hydrogens is 256 g/mol. The van der Waals surface area contributed by atoms with Crippen LogP contribution in [0.25, 0.3) is 0 Å². The average Bonchev–Trinajstić information content (AvgIpc) is 1.46. The van der Waals surface area contributed by atoms with E-state index in [2.05, 4.69) is 7.26 Å². The van der Waals surface area contributed by atoms with Crippen LogP contribution < -0.4 is 0 Å². The molecule has 0 radical (unpaired) electrons. The van der Waals surface area contributed by atoms with Gasteiger partial charge in [-0.3, -0.25) is 9.11 Å². The van der Waals surface area contributed by atoms with Gasteiger partial charge in [0.2, 0.25) is 0 Å². The Labute approximate surface area is 73.3 Å². The molecule has 1 aliphatic heterocycles. The van der Waals surface area contributed by atoms with Gasteiger partial charge in [-0.05, 0) is 0 Å². The fraction of sp³-hybridized carbons (Fsp3) is 0. The number of hydrogen-bond donors (Lipinski definition) is 2. The second-order valence-corrected chi connectivity index (χ2v) is 5.02. The van der Waals surface area contributed by atoms with Gasteiger partial charge in [0.05, 0.1) is 0 Å². The van der Waals surface area contributed by atoms with Crippen molar-refractivity contribution in [3.8, 4) is 0 Å². The van der Waals surface area contributed by atoms with Crippen LogP contribution >= 0.6 is 0 Å². The Hall–Kier alpha value is -0.310. The minimum atomic E-state index is -4.67. The summed E-state index contributed by atoms with van der Waals surface area (Å²) in [4.78, 5) is 0. The van der Waals surface area contributed by atoms with Crippen LogP contribution in [0.2, 0.25) is 0 Å². The SMILES string of the molecule is O=S(=O)(O)O.O=S1(=O)OS(=O)(=O)O1. The summed E-state index contributed by atoms with van der Waals surface area (Å²) in [5.41, 5.74) is 0. The summed E-state index contributed by atoms with van der Waals surface area (Å²) in [5.74, 6) is 0. The summed E-state index contributed by atoms with van der Waals surface area (Å²) in [5, 5.41) is 0. The fourth-order valence-corrected chi connectivity index (χ4v) is 1.88. The minimum Gasteiger partial charge on any atom is -0.264 e. The molecule has 0 aliphatic carbocycles. The highest BCUT2D eigenvalue weighted by atomic mass is 32.4. The van der Waals surface area contributed by atoms with Gasteiger partial charge in [0.25, 0.3) is 0 Å². The Morgan fingerprint density at radius 3 is 1.00 bits per heavy atom. The molecule has 1 saturated heterocycles. The van der Waals surface area contributed by atoms with Gasteiger partial charge in [0.1, 0.15) is 0 Å². The van der Waals surface area contributed by atoms with E-state index in [1.165, 1.54) is 0 Å². The molecule has 80 valence electrons. The first-order valence-corrected chi connectivity index (χ1v) is 6.10. The largest absolute Gasteiger partial charge is 0.432 e. The van der Waals surface area contributed by atoms with Crippen LogP contribution in [0.4, 0.5) is 0 Å². The van der Waals surface area contributed by atoms with Crippen LogP contribution in [0, 0.1) is 0 Å². The summed E-state index contributed by atoms with van der Waals surface area (Å²) in [6, 6.07) is 0. The first kappa shape index (κ1) is 12.7. The fourth-order valence-electron chi connectivity index (χ4n) is 0.209. The first-order valence-electron chi connectivity index (χ1n) is 2.03. The minimum absolute atomic E-state index is 3.24. The van der Waals surface area contributed by atoms with Crippen molar-refractivity contribution in [2.45, 2.75) is 0 Å². The Kier molecular flexibility index (Phi) is 3.36. The van der Waals surface area contributed by atoms with Crippen LogP contribution in [0.3, 0.4) is 0 Å². The van der Waals surface area contributed by atoms with Gasteiger partial charge in [-0.25, -0.2) is 0 Å². The van der Waals surface area contributed by atoms with Gasteiger partial charge >= 0.3 is 31.2 Å². The molecule has 0 spiro atoms. The molecule has 13 heavy (non-hydrogen) atoms. The molecule has 10 nitrogen and oxygen atoms in total. The van der Waals surface area contributed by atoms with E-state index >= 15 is 0 Å².